The second-order valence-corrected chi connectivity index (χ2v) is 3.01. The van der Waals surface area contributed by atoms with Gasteiger partial charge in [0.1, 0.15) is 0 Å². The van der Waals surface area contributed by atoms with Gasteiger partial charge >= 0.3 is 0 Å². The maximum atomic E-state index is 8.71. The Morgan fingerprint density at radius 1 is 1.17 bits per heavy atom. The molecule has 12 heavy (non-hydrogen) atoms. The Morgan fingerprint density at radius 2 is 1.92 bits per heavy atom. The van der Waals surface area contributed by atoms with E-state index in [4.69, 9.17) is 10.8 Å². The summed E-state index contributed by atoms with van der Waals surface area (Å²) in [5.41, 5.74) is 5.38. The molecule has 0 aliphatic heterocycles. The van der Waals surface area contributed by atoms with Gasteiger partial charge in [0.25, 0.3) is 0 Å². The van der Waals surface area contributed by atoms with Crippen LogP contribution >= 0.6 is 0 Å². The summed E-state index contributed by atoms with van der Waals surface area (Å²) < 4.78 is 0. The van der Waals surface area contributed by atoms with E-state index in [1.54, 1.807) is 0 Å². The lowest BCUT2D eigenvalue weighted by Crippen LogP contribution is -2.27. The fourth-order valence-electron chi connectivity index (χ4n) is 1.23. The van der Waals surface area contributed by atoms with Gasteiger partial charge < -0.3 is 15.7 Å². The number of nitrogens with two attached hydrogens (primary N) is 1. The minimum atomic E-state index is 0.269. The van der Waals surface area contributed by atoms with Gasteiger partial charge in [-0.1, -0.05) is 13.3 Å². The van der Waals surface area contributed by atoms with E-state index in [0.717, 1.165) is 32.6 Å². The Hall–Kier alpha value is -0.120. The predicted molar refractivity (Wildman–Crippen MR) is 52.1 cm³/mol. The average molecular weight is 174 g/mol. The van der Waals surface area contributed by atoms with Crippen LogP contribution in [-0.4, -0.2) is 42.8 Å². The molecule has 0 aromatic heterocycles. The first-order chi connectivity index (χ1) is 5.85. The largest absolute Gasteiger partial charge is 0.395 e. The molecule has 0 heterocycles. The quantitative estimate of drug-likeness (QED) is 0.525. The van der Waals surface area contributed by atoms with Crippen molar-refractivity contribution in [2.24, 2.45) is 5.73 Å². The van der Waals surface area contributed by atoms with Crippen LogP contribution in [0.15, 0.2) is 0 Å². The normalized spacial score (nSPS) is 11.0. The van der Waals surface area contributed by atoms with Crippen molar-refractivity contribution in [3.05, 3.63) is 0 Å². The van der Waals surface area contributed by atoms with Crippen LogP contribution < -0.4 is 5.73 Å². The maximum Gasteiger partial charge on any atom is 0.0558 e. The number of aliphatic hydroxyl groups excluding tert-OH is 1. The summed E-state index contributed by atoms with van der Waals surface area (Å²) in [5.74, 6) is 0. The van der Waals surface area contributed by atoms with Crippen LogP contribution in [0, 0.1) is 0 Å². The zero-order valence-corrected chi connectivity index (χ0v) is 8.13. The lowest BCUT2D eigenvalue weighted by molar-refractivity contribution is 0.199. The van der Waals surface area contributed by atoms with Gasteiger partial charge in [-0.15, -0.1) is 0 Å². The molecule has 0 unspecified atom stereocenters. The molecule has 0 aliphatic carbocycles. The van der Waals surface area contributed by atoms with Gasteiger partial charge in [-0.2, -0.15) is 0 Å². The van der Waals surface area contributed by atoms with E-state index < -0.39 is 0 Å². The first kappa shape index (κ1) is 11.9. The van der Waals surface area contributed by atoms with Gasteiger partial charge in [-0.25, -0.2) is 0 Å². The number of aliphatic hydroxyl groups is 1. The van der Waals surface area contributed by atoms with Gasteiger partial charge in [0.15, 0.2) is 0 Å². The molecule has 0 saturated carbocycles. The Bertz CT molecular complexity index is 88.6. The van der Waals surface area contributed by atoms with E-state index >= 15 is 0 Å². The summed E-state index contributed by atoms with van der Waals surface area (Å²) in [6.45, 7) is 6.12. The van der Waals surface area contributed by atoms with Crippen molar-refractivity contribution in [2.75, 3.05) is 32.8 Å². The van der Waals surface area contributed by atoms with Crippen LogP contribution in [0.3, 0.4) is 0 Å². The van der Waals surface area contributed by atoms with Crippen molar-refractivity contribution in [3.8, 4) is 0 Å². The highest BCUT2D eigenvalue weighted by molar-refractivity contribution is 4.54. The number of nitrogens with zero attached hydrogens (tertiary/aromatic N) is 1. The molecule has 0 fully saturated rings. The molecule has 3 N–H and O–H groups in total. The number of hydrogen-bond donors (Lipinski definition) is 2. The Kier molecular flexibility index (Phi) is 8.88. The highest BCUT2D eigenvalue weighted by Gasteiger charge is 1.99. The summed E-state index contributed by atoms with van der Waals surface area (Å²) >= 11 is 0. The minimum Gasteiger partial charge on any atom is -0.395 e. The Balaban J connectivity index is 3.19. The SMILES string of the molecule is CCN(CCO)CCCCCN. The number of hydrogen-bond acceptors (Lipinski definition) is 3. The van der Waals surface area contributed by atoms with Gasteiger partial charge in [0.05, 0.1) is 6.61 Å². The predicted octanol–water partition coefficient (Wildman–Crippen LogP) is 0.430. The van der Waals surface area contributed by atoms with Crippen LogP contribution in [0.2, 0.25) is 0 Å². The zero-order valence-electron chi connectivity index (χ0n) is 8.13. The van der Waals surface area contributed by atoms with E-state index in [1.165, 1.54) is 12.8 Å². The highest BCUT2D eigenvalue weighted by atomic mass is 16.3. The van der Waals surface area contributed by atoms with Crippen molar-refractivity contribution >= 4 is 0 Å². The zero-order chi connectivity index (χ0) is 9.23. The van der Waals surface area contributed by atoms with Crippen LogP contribution in [0.25, 0.3) is 0 Å². The second kappa shape index (κ2) is 8.97. The molecular formula is C9H22N2O. The topological polar surface area (TPSA) is 49.5 Å². The van der Waals surface area contributed by atoms with Crippen molar-refractivity contribution in [1.82, 2.24) is 4.90 Å². The lowest BCUT2D eigenvalue weighted by atomic mass is 10.2. The molecule has 0 radical (unpaired) electrons. The van der Waals surface area contributed by atoms with Crippen molar-refractivity contribution in [2.45, 2.75) is 26.2 Å². The number of likely N-dealkylation sites (N-methyl/N-ethyl adjacent to an activating group) is 1. The summed E-state index contributed by atoms with van der Waals surface area (Å²) in [7, 11) is 0. The summed E-state index contributed by atoms with van der Waals surface area (Å²) in [6.07, 6.45) is 3.53. The molecule has 0 saturated heterocycles. The molecule has 0 bridgehead atoms. The third-order valence-corrected chi connectivity index (χ3v) is 2.04. The lowest BCUT2D eigenvalue weighted by Gasteiger charge is -2.18. The van der Waals surface area contributed by atoms with Crippen molar-refractivity contribution in [1.29, 1.82) is 0 Å². The third kappa shape index (κ3) is 6.58. The van der Waals surface area contributed by atoms with Crippen LogP contribution in [0.4, 0.5) is 0 Å². The standard InChI is InChI=1S/C9H22N2O/c1-2-11(8-9-12)7-5-3-4-6-10/h12H,2-10H2,1H3. The van der Waals surface area contributed by atoms with Crippen molar-refractivity contribution in [3.63, 3.8) is 0 Å². The number of rotatable bonds is 8. The van der Waals surface area contributed by atoms with Crippen molar-refractivity contribution < 1.29 is 5.11 Å². The Labute approximate surface area is 75.6 Å². The molecule has 0 aliphatic rings. The first-order valence-corrected chi connectivity index (χ1v) is 4.88. The fourth-order valence-corrected chi connectivity index (χ4v) is 1.23. The minimum absolute atomic E-state index is 0.269. The van der Waals surface area contributed by atoms with Crippen LogP contribution in [0.5, 0.6) is 0 Å². The van der Waals surface area contributed by atoms with Gasteiger partial charge in [-0.05, 0) is 32.5 Å². The molecule has 0 aromatic rings. The van der Waals surface area contributed by atoms with E-state index in [0.29, 0.717) is 0 Å². The van der Waals surface area contributed by atoms with Gasteiger partial charge in [0, 0.05) is 6.54 Å². The van der Waals surface area contributed by atoms with Crippen LogP contribution in [0.1, 0.15) is 26.2 Å². The average Bonchev–Trinajstić information content (AvgIpc) is 2.10. The summed E-state index contributed by atoms with van der Waals surface area (Å²) in [6, 6.07) is 0. The molecule has 0 spiro atoms. The van der Waals surface area contributed by atoms with E-state index in [9.17, 15) is 0 Å². The van der Waals surface area contributed by atoms with Gasteiger partial charge in [0.2, 0.25) is 0 Å². The molecule has 0 atom stereocenters. The monoisotopic (exact) mass is 174 g/mol. The molecule has 3 nitrogen and oxygen atoms in total. The summed E-state index contributed by atoms with van der Waals surface area (Å²) in [5, 5.41) is 8.71. The first-order valence-electron chi connectivity index (χ1n) is 4.88. The Morgan fingerprint density at radius 3 is 2.42 bits per heavy atom. The fraction of sp³-hybridized carbons (Fsp3) is 1.00. The summed E-state index contributed by atoms with van der Waals surface area (Å²) in [4.78, 5) is 2.26. The molecule has 0 aromatic carbocycles. The number of unbranched alkanes of at least 4 members (excludes halogenated alkanes) is 2. The van der Waals surface area contributed by atoms with E-state index in [2.05, 4.69) is 11.8 Å². The maximum absolute atomic E-state index is 8.71. The second-order valence-electron chi connectivity index (χ2n) is 3.01. The molecule has 74 valence electrons. The van der Waals surface area contributed by atoms with E-state index in [1.807, 2.05) is 0 Å². The third-order valence-electron chi connectivity index (χ3n) is 2.04. The van der Waals surface area contributed by atoms with E-state index in [-0.39, 0.29) is 6.61 Å². The molecule has 3 heteroatoms. The molecule has 0 rings (SSSR count). The molecular weight excluding hydrogens is 152 g/mol. The smallest absolute Gasteiger partial charge is 0.0558 e. The molecule has 0 amide bonds. The van der Waals surface area contributed by atoms with Crippen LogP contribution in [-0.2, 0) is 0 Å². The van der Waals surface area contributed by atoms with Gasteiger partial charge in [-0.3, -0.25) is 0 Å². The highest BCUT2D eigenvalue weighted by Crippen LogP contribution is 1.97.